The van der Waals surface area contributed by atoms with Gasteiger partial charge in [0.25, 0.3) is 0 Å². The third-order valence-electron chi connectivity index (χ3n) is 2.73. The van der Waals surface area contributed by atoms with Crippen LogP contribution in [-0.4, -0.2) is 18.2 Å². The van der Waals surface area contributed by atoms with Gasteiger partial charge in [-0.2, -0.15) is 13.2 Å². The lowest BCUT2D eigenvalue weighted by atomic mass is 10.1. The summed E-state index contributed by atoms with van der Waals surface area (Å²) in [6, 6.07) is 11.9. The molecule has 2 rings (SSSR count). The van der Waals surface area contributed by atoms with E-state index in [4.69, 9.17) is 0 Å². The van der Waals surface area contributed by atoms with E-state index >= 15 is 0 Å². The van der Waals surface area contributed by atoms with Gasteiger partial charge in [-0.1, -0.05) is 30.3 Å². The standard InChI is InChI=1S/C14H11F3O2/c1-9(14(15,16)17)19-13(18)12-7-6-10-4-2-3-5-11(10)8-12/h2-9H,1H3. The van der Waals surface area contributed by atoms with E-state index in [1.165, 1.54) is 12.1 Å². The molecular formula is C14H11F3O2. The summed E-state index contributed by atoms with van der Waals surface area (Å²) in [5.74, 6) is -0.976. The van der Waals surface area contributed by atoms with Crippen molar-refractivity contribution in [3.05, 3.63) is 48.0 Å². The molecule has 2 aromatic carbocycles. The van der Waals surface area contributed by atoms with Crippen LogP contribution in [-0.2, 0) is 4.74 Å². The van der Waals surface area contributed by atoms with Gasteiger partial charge >= 0.3 is 12.1 Å². The highest BCUT2D eigenvalue weighted by atomic mass is 19.4. The van der Waals surface area contributed by atoms with Crippen LogP contribution < -0.4 is 0 Å². The minimum atomic E-state index is -4.55. The monoisotopic (exact) mass is 268 g/mol. The highest BCUT2D eigenvalue weighted by molar-refractivity contribution is 5.95. The molecule has 1 unspecified atom stereocenters. The van der Waals surface area contributed by atoms with Crippen molar-refractivity contribution < 1.29 is 22.7 Å². The first-order valence-electron chi connectivity index (χ1n) is 5.64. The molecule has 0 amide bonds. The third kappa shape index (κ3) is 3.05. The molecule has 0 heterocycles. The molecule has 0 N–H and O–H groups in total. The quantitative estimate of drug-likeness (QED) is 0.771. The van der Waals surface area contributed by atoms with E-state index in [-0.39, 0.29) is 5.56 Å². The van der Waals surface area contributed by atoms with E-state index in [9.17, 15) is 18.0 Å². The van der Waals surface area contributed by atoms with Gasteiger partial charge in [0.05, 0.1) is 5.56 Å². The maximum Gasteiger partial charge on any atom is 0.425 e. The molecule has 0 spiro atoms. The van der Waals surface area contributed by atoms with E-state index in [2.05, 4.69) is 4.74 Å². The first-order chi connectivity index (χ1) is 8.88. The minimum Gasteiger partial charge on any atom is -0.449 e. The van der Waals surface area contributed by atoms with Crippen LogP contribution in [0.25, 0.3) is 10.8 Å². The second kappa shape index (κ2) is 4.91. The molecule has 100 valence electrons. The number of carbonyl (C=O) groups excluding carboxylic acids is 1. The first kappa shape index (κ1) is 13.4. The molecule has 2 aromatic rings. The summed E-state index contributed by atoms with van der Waals surface area (Å²) in [5, 5.41) is 1.68. The van der Waals surface area contributed by atoms with Crippen molar-refractivity contribution in [3.8, 4) is 0 Å². The van der Waals surface area contributed by atoms with Crippen molar-refractivity contribution in [3.63, 3.8) is 0 Å². The highest BCUT2D eigenvalue weighted by Crippen LogP contribution is 2.24. The van der Waals surface area contributed by atoms with Gasteiger partial charge < -0.3 is 4.74 Å². The van der Waals surface area contributed by atoms with E-state index in [0.717, 1.165) is 17.7 Å². The summed E-state index contributed by atoms with van der Waals surface area (Å²) in [6.45, 7) is 0.805. The molecule has 19 heavy (non-hydrogen) atoms. The Kier molecular flexibility index (Phi) is 3.46. The maximum atomic E-state index is 12.3. The van der Waals surface area contributed by atoms with Crippen molar-refractivity contribution in [2.45, 2.75) is 19.2 Å². The van der Waals surface area contributed by atoms with Gasteiger partial charge in [-0.15, -0.1) is 0 Å². The lowest BCUT2D eigenvalue weighted by molar-refractivity contribution is -0.198. The fourth-order valence-corrected chi connectivity index (χ4v) is 1.61. The number of ether oxygens (including phenoxy) is 1. The average Bonchev–Trinajstić information content (AvgIpc) is 2.37. The fourth-order valence-electron chi connectivity index (χ4n) is 1.61. The molecule has 0 aromatic heterocycles. The Hall–Kier alpha value is -2.04. The zero-order valence-corrected chi connectivity index (χ0v) is 10.1. The zero-order valence-electron chi connectivity index (χ0n) is 10.1. The second-order valence-electron chi connectivity index (χ2n) is 4.15. The zero-order chi connectivity index (χ0) is 14.0. The van der Waals surface area contributed by atoms with Crippen LogP contribution in [0.4, 0.5) is 13.2 Å². The van der Waals surface area contributed by atoms with Crippen molar-refractivity contribution in [1.82, 2.24) is 0 Å². The van der Waals surface area contributed by atoms with Crippen LogP contribution in [0.5, 0.6) is 0 Å². The van der Waals surface area contributed by atoms with Crippen LogP contribution in [0.15, 0.2) is 42.5 Å². The Morgan fingerprint density at radius 2 is 1.74 bits per heavy atom. The molecule has 1 atom stereocenters. The first-order valence-corrected chi connectivity index (χ1v) is 5.64. The van der Waals surface area contributed by atoms with Crippen LogP contribution in [0, 0.1) is 0 Å². The number of rotatable bonds is 2. The lowest BCUT2D eigenvalue weighted by Crippen LogP contribution is -2.30. The van der Waals surface area contributed by atoms with Crippen LogP contribution in [0.3, 0.4) is 0 Å². The molecular weight excluding hydrogens is 257 g/mol. The number of benzene rings is 2. The topological polar surface area (TPSA) is 26.3 Å². The summed E-state index contributed by atoms with van der Waals surface area (Å²) < 4.78 is 41.3. The molecule has 0 bridgehead atoms. The smallest absolute Gasteiger partial charge is 0.425 e. The largest absolute Gasteiger partial charge is 0.449 e. The van der Waals surface area contributed by atoms with E-state index in [0.29, 0.717) is 0 Å². The van der Waals surface area contributed by atoms with E-state index in [1.807, 2.05) is 12.1 Å². The average molecular weight is 268 g/mol. The summed E-state index contributed by atoms with van der Waals surface area (Å²) in [5.41, 5.74) is 0.106. The maximum absolute atomic E-state index is 12.3. The predicted molar refractivity (Wildman–Crippen MR) is 64.9 cm³/mol. The molecule has 0 aliphatic rings. The van der Waals surface area contributed by atoms with Gasteiger partial charge in [0.15, 0.2) is 6.10 Å². The number of alkyl halides is 3. The minimum absolute atomic E-state index is 0.106. The number of hydrogen-bond donors (Lipinski definition) is 0. The van der Waals surface area contributed by atoms with E-state index in [1.54, 1.807) is 18.2 Å². The second-order valence-corrected chi connectivity index (χ2v) is 4.15. The Morgan fingerprint density at radius 1 is 1.11 bits per heavy atom. The van der Waals surface area contributed by atoms with Gasteiger partial charge in [-0.25, -0.2) is 4.79 Å². The molecule has 0 aliphatic carbocycles. The van der Waals surface area contributed by atoms with Gasteiger partial charge in [-0.3, -0.25) is 0 Å². The molecule has 0 radical (unpaired) electrons. The number of esters is 1. The van der Waals surface area contributed by atoms with Crippen LogP contribution >= 0.6 is 0 Å². The summed E-state index contributed by atoms with van der Waals surface area (Å²) in [6.07, 6.45) is -6.67. The van der Waals surface area contributed by atoms with Gasteiger partial charge in [-0.05, 0) is 29.8 Å². The number of halogens is 3. The van der Waals surface area contributed by atoms with Gasteiger partial charge in [0.2, 0.25) is 0 Å². The third-order valence-corrected chi connectivity index (χ3v) is 2.73. The SMILES string of the molecule is CC(OC(=O)c1ccc2ccccc2c1)C(F)(F)F. The van der Waals surface area contributed by atoms with Gasteiger partial charge in [0, 0.05) is 0 Å². The van der Waals surface area contributed by atoms with Crippen molar-refractivity contribution in [1.29, 1.82) is 0 Å². The molecule has 0 saturated carbocycles. The number of carbonyl (C=O) groups is 1. The lowest BCUT2D eigenvalue weighted by Gasteiger charge is -2.16. The van der Waals surface area contributed by atoms with Crippen molar-refractivity contribution in [2.75, 3.05) is 0 Å². The van der Waals surface area contributed by atoms with Crippen molar-refractivity contribution >= 4 is 16.7 Å². The molecule has 2 nitrogen and oxygen atoms in total. The summed E-state index contributed by atoms with van der Waals surface area (Å²) in [4.78, 5) is 11.6. The molecule has 0 saturated heterocycles. The number of fused-ring (bicyclic) bond motifs is 1. The Labute approximate surface area is 107 Å². The van der Waals surface area contributed by atoms with Gasteiger partial charge in [0.1, 0.15) is 0 Å². The van der Waals surface area contributed by atoms with Crippen LogP contribution in [0.2, 0.25) is 0 Å². The molecule has 0 fully saturated rings. The Balaban J connectivity index is 2.22. The molecule has 5 heteroatoms. The Morgan fingerprint density at radius 3 is 2.37 bits per heavy atom. The normalized spacial score (nSPS) is 13.3. The fraction of sp³-hybridized carbons (Fsp3) is 0.214. The number of hydrogen-bond acceptors (Lipinski definition) is 2. The van der Waals surface area contributed by atoms with Crippen LogP contribution in [0.1, 0.15) is 17.3 Å². The Bertz CT molecular complexity index is 605. The summed E-state index contributed by atoms with van der Waals surface area (Å²) in [7, 11) is 0. The highest BCUT2D eigenvalue weighted by Gasteiger charge is 2.39. The predicted octanol–water partition coefficient (Wildman–Crippen LogP) is 3.95. The molecule has 0 aliphatic heterocycles. The van der Waals surface area contributed by atoms with Crippen molar-refractivity contribution in [2.24, 2.45) is 0 Å². The summed E-state index contributed by atoms with van der Waals surface area (Å²) >= 11 is 0. The van der Waals surface area contributed by atoms with E-state index < -0.39 is 18.2 Å².